The molecule has 0 aliphatic heterocycles. The molecule has 90 valence electrons. The van der Waals surface area contributed by atoms with Gasteiger partial charge in [-0.25, -0.2) is 4.39 Å². The maximum atomic E-state index is 13.5. The molecule has 0 saturated carbocycles. The Morgan fingerprint density at radius 2 is 2.00 bits per heavy atom. The van der Waals surface area contributed by atoms with Gasteiger partial charge in [0.05, 0.1) is 5.60 Å². The lowest BCUT2D eigenvalue weighted by atomic mass is 10.1. The molecule has 1 rings (SSSR count). The zero-order valence-electron chi connectivity index (χ0n) is 10.4. The van der Waals surface area contributed by atoms with Gasteiger partial charge in [0.15, 0.2) is 0 Å². The van der Waals surface area contributed by atoms with Crippen molar-refractivity contribution in [1.82, 2.24) is 4.90 Å². The lowest BCUT2D eigenvalue weighted by Gasteiger charge is -2.25. The number of hydrogen-bond donors (Lipinski definition) is 1. The highest BCUT2D eigenvalue weighted by atomic mass is 19.1. The van der Waals surface area contributed by atoms with Gasteiger partial charge in [-0.15, -0.1) is 0 Å². The average molecular weight is 225 g/mol. The summed E-state index contributed by atoms with van der Waals surface area (Å²) >= 11 is 0. The van der Waals surface area contributed by atoms with Gasteiger partial charge in [-0.1, -0.05) is 17.7 Å². The summed E-state index contributed by atoms with van der Waals surface area (Å²) in [5, 5.41) is 9.65. The number of benzene rings is 1. The summed E-state index contributed by atoms with van der Waals surface area (Å²) in [5.74, 6) is -0.187. The number of likely N-dealkylation sites (N-methyl/N-ethyl adjacent to an activating group) is 1. The van der Waals surface area contributed by atoms with Crippen LogP contribution in [0.2, 0.25) is 0 Å². The van der Waals surface area contributed by atoms with E-state index in [1.807, 2.05) is 24.9 Å². The third-order valence-corrected chi connectivity index (χ3v) is 2.30. The Kier molecular flexibility index (Phi) is 4.05. The molecule has 0 spiro atoms. The summed E-state index contributed by atoms with van der Waals surface area (Å²) in [6.45, 7) is 6.46. The summed E-state index contributed by atoms with van der Waals surface area (Å²) in [6, 6.07) is 5.09. The first kappa shape index (κ1) is 13.1. The molecule has 0 aliphatic carbocycles. The topological polar surface area (TPSA) is 23.5 Å². The van der Waals surface area contributed by atoms with E-state index in [0.29, 0.717) is 18.7 Å². The first-order chi connectivity index (χ1) is 7.28. The molecule has 3 heteroatoms. The third kappa shape index (κ3) is 4.29. The molecule has 0 amide bonds. The van der Waals surface area contributed by atoms with Crippen LogP contribution in [-0.2, 0) is 6.54 Å². The maximum Gasteiger partial charge on any atom is 0.127 e. The SMILES string of the molecule is Cc1ccc(F)c(CN(C)CC(C)(C)O)c1. The van der Waals surface area contributed by atoms with Crippen molar-refractivity contribution in [3.8, 4) is 0 Å². The second-order valence-electron chi connectivity index (χ2n) is 5.08. The van der Waals surface area contributed by atoms with Crippen LogP contribution in [0, 0.1) is 12.7 Å². The molecule has 1 N–H and O–H groups in total. The molecule has 0 aromatic heterocycles. The Morgan fingerprint density at radius 1 is 1.38 bits per heavy atom. The molecular weight excluding hydrogens is 205 g/mol. The van der Waals surface area contributed by atoms with E-state index in [9.17, 15) is 9.50 Å². The van der Waals surface area contributed by atoms with Crippen LogP contribution in [-0.4, -0.2) is 29.2 Å². The third-order valence-electron chi connectivity index (χ3n) is 2.30. The zero-order chi connectivity index (χ0) is 12.3. The Morgan fingerprint density at radius 3 is 2.56 bits per heavy atom. The molecule has 0 atom stereocenters. The number of hydrogen-bond acceptors (Lipinski definition) is 2. The van der Waals surface area contributed by atoms with E-state index in [1.54, 1.807) is 19.9 Å². The first-order valence-corrected chi connectivity index (χ1v) is 5.44. The molecule has 0 heterocycles. The van der Waals surface area contributed by atoms with E-state index >= 15 is 0 Å². The number of rotatable bonds is 4. The molecule has 1 aromatic carbocycles. The van der Waals surface area contributed by atoms with Gasteiger partial charge in [0.1, 0.15) is 5.82 Å². The van der Waals surface area contributed by atoms with Crippen LogP contribution >= 0.6 is 0 Å². The predicted molar refractivity (Wildman–Crippen MR) is 63.8 cm³/mol. The monoisotopic (exact) mass is 225 g/mol. The van der Waals surface area contributed by atoms with Crippen molar-refractivity contribution in [3.63, 3.8) is 0 Å². The molecule has 0 unspecified atom stereocenters. The lowest BCUT2D eigenvalue weighted by molar-refractivity contribution is 0.0422. The van der Waals surface area contributed by atoms with Crippen molar-refractivity contribution < 1.29 is 9.50 Å². The average Bonchev–Trinajstić information content (AvgIpc) is 2.08. The molecule has 1 aromatic rings. The highest BCUT2D eigenvalue weighted by Gasteiger charge is 2.16. The smallest absolute Gasteiger partial charge is 0.127 e. The molecule has 0 bridgehead atoms. The largest absolute Gasteiger partial charge is 0.389 e. The minimum absolute atomic E-state index is 0.187. The summed E-state index contributed by atoms with van der Waals surface area (Å²) in [5.41, 5.74) is 0.967. The van der Waals surface area contributed by atoms with Gasteiger partial charge in [-0.3, -0.25) is 4.90 Å². The Hall–Kier alpha value is -0.930. The highest BCUT2D eigenvalue weighted by molar-refractivity contribution is 5.23. The minimum atomic E-state index is -0.755. The van der Waals surface area contributed by atoms with E-state index in [-0.39, 0.29) is 5.82 Å². The second kappa shape index (κ2) is 4.93. The molecule has 0 saturated heterocycles. The van der Waals surface area contributed by atoms with Gasteiger partial charge >= 0.3 is 0 Å². The Balaban J connectivity index is 2.69. The summed E-state index contributed by atoms with van der Waals surface area (Å²) in [7, 11) is 1.87. The van der Waals surface area contributed by atoms with E-state index in [4.69, 9.17) is 0 Å². The van der Waals surface area contributed by atoms with Crippen molar-refractivity contribution in [2.24, 2.45) is 0 Å². The Labute approximate surface area is 96.7 Å². The zero-order valence-corrected chi connectivity index (χ0v) is 10.4. The first-order valence-electron chi connectivity index (χ1n) is 5.44. The van der Waals surface area contributed by atoms with Crippen LogP contribution in [0.15, 0.2) is 18.2 Å². The lowest BCUT2D eigenvalue weighted by Crippen LogP contribution is -2.36. The van der Waals surface area contributed by atoms with E-state index in [2.05, 4.69) is 0 Å². The van der Waals surface area contributed by atoms with Crippen LogP contribution in [0.3, 0.4) is 0 Å². The van der Waals surface area contributed by atoms with Gasteiger partial charge in [0.2, 0.25) is 0 Å². The summed E-state index contributed by atoms with van der Waals surface area (Å²) in [6.07, 6.45) is 0. The van der Waals surface area contributed by atoms with Gasteiger partial charge in [-0.05, 0) is 33.9 Å². The van der Waals surface area contributed by atoms with E-state index in [0.717, 1.165) is 5.56 Å². The van der Waals surface area contributed by atoms with E-state index in [1.165, 1.54) is 6.07 Å². The molecule has 0 fully saturated rings. The maximum absolute atomic E-state index is 13.5. The van der Waals surface area contributed by atoms with Crippen LogP contribution in [0.1, 0.15) is 25.0 Å². The van der Waals surface area contributed by atoms with Crippen LogP contribution in [0.4, 0.5) is 4.39 Å². The van der Waals surface area contributed by atoms with Crippen molar-refractivity contribution in [1.29, 1.82) is 0 Å². The number of nitrogens with zero attached hydrogens (tertiary/aromatic N) is 1. The fourth-order valence-electron chi connectivity index (χ4n) is 1.83. The van der Waals surface area contributed by atoms with E-state index < -0.39 is 5.60 Å². The van der Waals surface area contributed by atoms with Gasteiger partial charge in [0, 0.05) is 18.7 Å². The van der Waals surface area contributed by atoms with Crippen molar-refractivity contribution >= 4 is 0 Å². The highest BCUT2D eigenvalue weighted by Crippen LogP contribution is 2.13. The van der Waals surface area contributed by atoms with Crippen molar-refractivity contribution in [2.45, 2.75) is 32.9 Å². The van der Waals surface area contributed by atoms with Crippen molar-refractivity contribution in [3.05, 3.63) is 35.1 Å². The summed E-state index contributed by atoms with van der Waals surface area (Å²) in [4.78, 5) is 1.91. The molecule has 0 aliphatic rings. The standard InChI is InChI=1S/C13H20FNO/c1-10-5-6-12(14)11(7-10)8-15(4)9-13(2,3)16/h5-7,16H,8-9H2,1-4H3. The summed E-state index contributed by atoms with van der Waals surface area (Å²) < 4.78 is 13.5. The fourth-order valence-corrected chi connectivity index (χ4v) is 1.83. The normalized spacial score (nSPS) is 12.2. The number of aliphatic hydroxyl groups is 1. The fraction of sp³-hybridized carbons (Fsp3) is 0.538. The molecular formula is C13H20FNO. The van der Waals surface area contributed by atoms with Gasteiger partial charge in [0.25, 0.3) is 0 Å². The molecule has 2 nitrogen and oxygen atoms in total. The number of halogens is 1. The van der Waals surface area contributed by atoms with Crippen molar-refractivity contribution in [2.75, 3.05) is 13.6 Å². The minimum Gasteiger partial charge on any atom is -0.389 e. The van der Waals surface area contributed by atoms with Crippen LogP contribution in [0.5, 0.6) is 0 Å². The van der Waals surface area contributed by atoms with Gasteiger partial charge < -0.3 is 5.11 Å². The number of aryl methyl sites for hydroxylation is 1. The predicted octanol–water partition coefficient (Wildman–Crippen LogP) is 2.34. The van der Waals surface area contributed by atoms with Crippen LogP contribution in [0.25, 0.3) is 0 Å². The van der Waals surface area contributed by atoms with Crippen LogP contribution < -0.4 is 0 Å². The van der Waals surface area contributed by atoms with Gasteiger partial charge in [-0.2, -0.15) is 0 Å². The second-order valence-corrected chi connectivity index (χ2v) is 5.08. The molecule has 16 heavy (non-hydrogen) atoms. The Bertz CT molecular complexity index is 357. The quantitative estimate of drug-likeness (QED) is 0.850. The molecule has 0 radical (unpaired) electrons.